The number of primary amides is 1. The maximum absolute atomic E-state index is 11.8. The molecule has 0 bridgehead atoms. The lowest BCUT2D eigenvalue weighted by Crippen LogP contribution is -2.22. The Balaban J connectivity index is 1.80. The number of carbonyl (C=O) groups excluding carboxylic acids is 3. The number of hydrogen-bond acceptors (Lipinski definition) is 5. The minimum absolute atomic E-state index is 0.000483. The number of thiophene rings is 1. The van der Waals surface area contributed by atoms with Crippen LogP contribution >= 0.6 is 11.3 Å². The first-order valence-electron chi connectivity index (χ1n) is 7.35. The Morgan fingerprint density at radius 3 is 2.58 bits per heavy atom. The number of rotatable bonds is 7. The zero-order valence-electron chi connectivity index (χ0n) is 13.2. The fourth-order valence-electron chi connectivity index (χ4n) is 2.12. The van der Waals surface area contributed by atoms with E-state index in [-0.39, 0.29) is 17.9 Å². The van der Waals surface area contributed by atoms with Crippen molar-refractivity contribution in [1.29, 1.82) is 0 Å². The number of amides is 2. The second-order valence-corrected chi connectivity index (χ2v) is 6.17. The van der Waals surface area contributed by atoms with E-state index in [1.165, 1.54) is 17.4 Å². The van der Waals surface area contributed by atoms with Crippen molar-refractivity contribution in [2.45, 2.75) is 19.3 Å². The second-order valence-electron chi connectivity index (χ2n) is 5.25. The highest BCUT2D eigenvalue weighted by molar-refractivity contribution is 7.14. The molecule has 0 aliphatic rings. The van der Waals surface area contributed by atoms with Gasteiger partial charge in [-0.1, -0.05) is 37.3 Å². The number of carbonyl (C=O) groups is 3. The van der Waals surface area contributed by atoms with Gasteiger partial charge in [-0.25, -0.2) is 0 Å². The summed E-state index contributed by atoms with van der Waals surface area (Å²) in [6.07, 6.45) is 0.183. The number of anilines is 1. The van der Waals surface area contributed by atoms with Crippen LogP contribution in [0.5, 0.6) is 0 Å². The molecule has 0 radical (unpaired) electrons. The van der Waals surface area contributed by atoms with Gasteiger partial charge in [0.05, 0.1) is 12.0 Å². The first kappa shape index (κ1) is 17.7. The van der Waals surface area contributed by atoms with Crippen LogP contribution in [0.15, 0.2) is 41.8 Å². The molecule has 1 aromatic heterocycles. The molecule has 0 aliphatic heterocycles. The molecule has 1 aromatic carbocycles. The van der Waals surface area contributed by atoms with Crippen molar-refractivity contribution < 1.29 is 19.1 Å². The van der Waals surface area contributed by atoms with Crippen molar-refractivity contribution in [2.24, 2.45) is 5.73 Å². The molecule has 0 unspecified atom stereocenters. The first-order chi connectivity index (χ1) is 11.5. The standard InChI is InChI=1S/C17H18N2O4S/c1-11(12-5-3-2-4-6-12)9-15(21)23-10-14(20)19-17-13(16(18)22)7-8-24-17/h2-8,11H,9-10H2,1H3,(H2,18,22)(H,19,20)/t11-/m1/s1. The minimum atomic E-state index is -0.625. The van der Waals surface area contributed by atoms with E-state index in [4.69, 9.17) is 10.5 Å². The molecule has 0 fully saturated rings. The summed E-state index contributed by atoms with van der Waals surface area (Å²) in [7, 11) is 0. The summed E-state index contributed by atoms with van der Waals surface area (Å²) in [6.45, 7) is 1.51. The number of esters is 1. The molecule has 7 heteroatoms. The van der Waals surface area contributed by atoms with E-state index in [0.29, 0.717) is 5.00 Å². The highest BCUT2D eigenvalue weighted by Gasteiger charge is 2.16. The van der Waals surface area contributed by atoms with Gasteiger partial charge >= 0.3 is 5.97 Å². The number of nitrogens with one attached hydrogen (secondary N) is 1. The van der Waals surface area contributed by atoms with Crippen LogP contribution in [0.3, 0.4) is 0 Å². The number of nitrogens with two attached hydrogens (primary N) is 1. The zero-order chi connectivity index (χ0) is 17.5. The predicted octanol–water partition coefficient (Wildman–Crippen LogP) is 2.52. The SMILES string of the molecule is C[C@H](CC(=O)OCC(=O)Nc1sccc1C(N)=O)c1ccccc1. The molecule has 0 saturated carbocycles. The lowest BCUT2D eigenvalue weighted by molar-refractivity contribution is -0.147. The Morgan fingerprint density at radius 2 is 1.92 bits per heavy atom. The van der Waals surface area contributed by atoms with E-state index in [2.05, 4.69) is 5.32 Å². The third kappa shape index (κ3) is 4.92. The molecule has 3 N–H and O–H groups in total. The van der Waals surface area contributed by atoms with Gasteiger partial charge in [-0.3, -0.25) is 14.4 Å². The summed E-state index contributed by atoms with van der Waals surface area (Å²) in [6, 6.07) is 11.1. The topological polar surface area (TPSA) is 98.5 Å². The molecule has 24 heavy (non-hydrogen) atoms. The molecular formula is C17H18N2O4S. The molecule has 2 rings (SSSR count). The van der Waals surface area contributed by atoms with Crippen LogP contribution in [-0.2, 0) is 14.3 Å². The predicted molar refractivity (Wildman–Crippen MR) is 91.9 cm³/mol. The van der Waals surface area contributed by atoms with E-state index < -0.39 is 24.4 Å². The number of ether oxygens (including phenoxy) is 1. The first-order valence-corrected chi connectivity index (χ1v) is 8.23. The maximum atomic E-state index is 11.8. The zero-order valence-corrected chi connectivity index (χ0v) is 14.0. The van der Waals surface area contributed by atoms with E-state index in [1.54, 1.807) is 5.38 Å². The van der Waals surface area contributed by atoms with Crippen LogP contribution in [0.1, 0.15) is 35.2 Å². The van der Waals surface area contributed by atoms with Crippen LogP contribution in [-0.4, -0.2) is 24.4 Å². The summed E-state index contributed by atoms with van der Waals surface area (Å²) in [5, 5.41) is 4.50. The van der Waals surface area contributed by atoms with Gasteiger partial charge in [0.25, 0.3) is 11.8 Å². The van der Waals surface area contributed by atoms with Gasteiger partial charge < -0.3 is 15.8 Å². The number of benzene rings is 1. The van der Waals surface area contributed by atoms with Gasteiger partial charge in [0, 0.05) is 0 Å². The average molecular weight is 346 g/mol. The lowest BCUT2D eigenvalue weighted by atomic mass is 9.98. The van der Waals surface area contributed by atoms with Gasteiger partial charge in [-0.05, 0) is 22.9 Å². The molecule has 0 saturated heterocycles. The van der Waals surface area contributed by atoms with E-state index in [0.717, 1.165) is 5.56 Å². The Bertz CT molecular complexity index is 727. The summed E-state index contributed by atoms with van der Waals surface area (Å²) >= 11 is 1.18. The van der Waals surface area contributed by atoms with Crippen LogP contribution in [0.4, 0.5) is 5.00 Å². The smallest absolute Gasteiger partial charge is 0.306 e. The Labute approximate surface area is 143 Å². The summed E-state index contributed by atoms with van der Waals surface area (Å²) < 4.78 is 4.98. The molecule has 2 aromatic rings. The van der Waals surface area contributed by atoms with Crippen LogP contribution < -0.4 is 11.1 Å². The van der Waals surface area contributed by atoms with Crippen molar-refractivity contribution in [3.05, 3.63) is 52.9 Å². The van der Waals surface area contributed by atoms with Crippen molar-refractivity contribution in [1.82, 2.24) is 0 Å². The van der Waals surface area contributed by atoms with Gasteiger partial charge in [-0.15, -0.1) is 11.3 Å². The van der Waals surface area contributed by atoms with E-state index in [9.17, 15) is 14.4 Å². The summed E-state index contributed by atoms with van der Waals surface area (Å²) in [5.41, 5.74) is 6.46. The molecular weight excluding hydrogens is 328 g/mol. The summed E-state index contributed by atoms with van der Waals surface area (Å²) in [5.74, 6) is -1.59. The fourth-order valence-corrected chi connectivity index (χ4v) is 2.93. The van der Waals surface area contributed by atoms with E-state index in [1.807, 2.05) is 37.3 Å². The van der Waals surface area contributed by atoms with Crippen LogP contribution in [0.2, 0.25) is 0 Å². The molecule has 1 atom stereocenters. The van der Waals surface area contributed by atoms with Gasteiger partial charge in [0.15, 0.2) is 6.61 Å². The van der Waals surface area contributed by atoms with Crippen LogP contribution in [0.25, 0.3) is 0 Å². The van der Waals surface area contributed by atoms with Gasteiger partial charge in [0.2, 0.25) is 0 Å². The van der Waals surface area contributed by atoms with Gasteiger partial charge in [0.1, 0.15) is 5.00 Å². The van der Waals surface area contributed by atoms with Crippen molar-refractivity contribution in [3.63, 3.8) is 0 Å². The molecule has 0 aliphatic carbocycles. The van der Waals surface area contributed by atoms with Crippen molar-refractivity contribution in [2.75, 3.05) is 11.9 Å². The normalized spacial score (nSPS) is 11.5. The Hall–Kier alpha value is -2.67. The molecule has 2 amide bonds. The lowest BCUT2D eigenvalue weighted by Gasteiger charge is -2.11. The van der Waals surface area contributed by atoms with Crippen molar-refractivity contribution >= 4 is 34.1 Å². The third-order valence-corrected chi connectivity index (χ3v) is 4.22. The molecule has 126 valence electrons. The summed E-state index contributed by atoms with van der Waals surface area (Å²) in [4.78, 5) is 34.8. The molecule has 6 nitrogen and oxygen atoms in total. The van der Waals surface area contributed by atoms with Crippen molar-refractivity contribution in [3.8, 4) is 0 Å². The minimum Gasteiger partial charge on any atom is -0.456 e. The highest BCUT2D eigenvalue weighted by atomic mass is 32.1. The molecule has 1 heterocycles. The largest absolute Gasteiger partial charge is 0.456 e. The number of hydrogen-bond donors (Lipinski definition) is 2. The fraction of sp³-hybridized carbons (Fsp3) is 0.235. The maximum Gasteiger partial charge on any atom is 0.306 e. The monoisotopic (exact) mass is 346 g/mol. The molecule has 0 spiro atoms. The quantitative estimate of drug-likeness (QED) is 0.753. The van der Waals surface area contributed by atoms with Gasteiger partial charge in [-0.2, -0.15) is 0 Å². The highest BCUT2D eigenvalue weighted by Crippen LogP contribution is 2.22. The Morgan fingerprint density at radius 1 is 1.21 bits per heavy atom. The van der Waals surface area contributed by atoms with E-state index >= 15 is 0 Å². The average Bonchev–Trinajstić information content (AvgIpc) is 3.02. The second kappa shape index (κ2) is 8.26. The third-order valence-electron chi connectivity index (χ3n) is 3.39. The van der Waals surface area contributed by atoms with Crippen LogP contribution in [0, 0.1) is 0 Å². The Kier molecular flexibility index (Phi) is 6.08.